The first-order valence-corrected chi connectivity index (χ1v) is 7.59. The van der Waals surface area contributed by atoms with Crippen LogP contribution in [0.3, 0.4) is 0 Å². The molecule has 2 aliphatic rings. The second kappa shape index (κ2) is 4.59. The summed E-state index contributed by atoms with van der Waals surface area (Å²) >= 11 is 1.45. The molecule has 0 atom stereocenters. The normalized spacial score (nSPS) is 18.0. The lowest BCUT2D eigenvalue weighted by atomic mass is 10.3. The van der Waals surface area contributed by atoms with Crippen molar-refractivity contribution in [1.82, 2.24) is 20.2 Å². The number of rotatable bonds is 4. The highest BCUT2D eigenvalue weighted by Crippen LogP contribution is 2.42. The second-order valence-corrected chi connectivity index (χ2v) is 6.26. The summed E-state index contributed by atoms with van der Waals surface area (Å²) in [7, 11) is 0. The van der Waals surface area contributed by atoms with Crippen LogP contribution in [0.4, 0.5) is 5.13 Å². The van der Waals surface area contributed by atoms with Crippen molar-refractivity contribution in [2.75, 3.05) is 5.32 Å². The van der Waals surface area contributed by atoms with Gasteiger partial charge in [-0.25, -0.2) is 9.97 Å². The maximum Gasteiger partial charge on any atom is 0.276 e. The van der Waals surface area contributed by atoms with E-state index in [-0.39, 0.29) is 5.91 Å². The Hall–Kier alpha value is -1.89. The van der Waals surface area contributed by atoms with E-state index in [1.54, 1.807) is 12.3 Å². The van der Waals surface area contributed by atoms with E-state index in [4.69, 9.17) is 0 Å². The van der Waals surface area contributed by atoms with Gasteiger partial charge in [0.2, 0.25) is 5.13 Å². The molecule has 0 radical (unpaired) electrons. The highest BCUT2D eigenvalue weighted by molar-refractivity contribution is 7.15. The van der Waals surface area contributed by atoms with E-state index in [0.717, 1.165) is 23.7 Å². The summed E-state index contributed by atoms with van der Waals surface area (Å²) in [5.41, 5.74) is 0.394. The molecule has 2 aromatic rings. The Bertz CT molecular complexity index is 662. The van der Waals surface area contributed by atoms with Crippen molar-refractivity contribution >= 4 is 22.4 Å². The number of anilines is 1. The molecule has 2 aliphatic carbocycles. The maximum absolute atomic E-state index is 12.1. The van der Waals surface area contributed by atoms with Crippen LogP contribution in [0.15, 0.2) is 12.3 Å². The summed E-state index contributed by atoms with van der Waals surface area (Å²) in [5, 5.41) is 12.4. The lowest BCUT2D eigenvalue weighted by Gasteiger charge is -2.02. The van der Waals surface area contributed by atoms with Crippen LogP contribution in [-0.2, 0) is 0 Å². The fraction of sp³-hybridized carbons (Fsp3) is 0.462. The maximum atomic E-state index is 12.1. The van der Waals surface area contributed by atoms with Gasteiger partial charge in [-0.3, -0.25) is 10.1 Å². The lowest BCUT2D eigenvalue weighted by Crippen LogP contribution is -2.14. The standard InChI is InChI=1S/C13H13N5OS/c19-11(9-5-6-14-10(15-9)7-1-2-7)16-13-18-17-12(20-13)8-3-4-8/h5-8H,1-4H2,(H,16,18,19). The number of carbonyl (C=O) groups excluding carboxylic acids is 1. The van der Waals surface area contributed by atoms with Gasteiger partial charge in [0, 0.05) is 18.0 Å². The summed E-state index contributed by atoms with van der Waals surface area (Å²) in [6.45, 7) is 0. The van der Waals surface area contributed by atoms with E-state index in [1.807, 2.05) is 0 Å². The van der Waals surface area contributed by atoms with Crippen LogP contribution < -0.4 is 5.32 Å². The topological polar surface area (TPSA) is 80.7 Å². The van der Waals surface area contributed by atoms with E-state index in [1.165, 1.54) is 24.2 Å². The minimum atomic E-state index is -0.243. The Morgan fingerprint density at radius 3 is 2.75 bits per heavy atom. The van der Waals surface area contributed by atoms with Crippen LogP contribution in [0.1, 0.15) is 58.8 Å². The minimum absolute atomic E-state index is 0.243. The number of amides is 1. The van der Waals surface area contributed by atoms with Crippen molar-refractivity contribution in [3.63, 3.8) is 0 Å². The molecular formula is C13H13N5OS. The minimum Gasteiger partial charge on any atom is -0.295 e. The second-order valence-electron chi connectivity index (χ2n) is 5.25. The average Bonchev–Trinajstić information content (AvgIpc) is 3.38. The zero-order valence-electron chi connectivity index (χ0n) is 10.7. The van der Waals surface area contributed by atoms with Crippen molar-refractivity contribution in [1.29, 1.82) is 0 Å². The number of hydrogen-bond acceptors (Lipinski definition) is 6. The Balaban J connectivity index is 1.49. The molecule has 0 aromatic carbocycles. The van der Waals surface area contributed by atoms with E-state index < -0.39 is 0 Å². The number of nitrogens with one attached hydrogen (secondary N) is 1. The van der Waals surface area contributed by atoms with Crippen molar-refractivity contribution < 1.29 is 4.79 Å². The molecule has 0 spiro atoms. The van der Waals surface area contributed by atoms with Gasteiger partial charge >= 0.3 is 0 Å². The third-order valence-corrected chi connectivity index (χ3v) is 4.44. The number of nitrogens with zero attached hydrogens (tertiary/aromatic N) is 4. The van der Waals surface area contributed by atoms with E-state index in [9.17, 15) is 4.79 Å². The van der Waals surface area contributed by atoms with Gasteiger partial charge in [-0.15, -0.1) is 10.2 Å². The summed E-state index contributed by atoms with van der Waals surface area (Å²) in [5.74, 6) is 1.52. The van der Waals surface area contributed by atoms with E-state index in [0.29, 0.717) is 22.7 Å². The summed E-state index contributed by atoms with van der Waals surface area (Å²) < 4.78 is 0. The fourth-order valence-electron chi connectivity index (χ4n) is 1.98. The van der Waals surface area contributed by atoms with E-state index >= 15 is 0 Å². The lowest BCUT2D eigenvalue weighted by molar-refractivity contribution is 0.102. The Labute approximate surface area is 119 Å². The molecule has 4 rings (SSSR count). The van der Waals surface area contributed by atoms with E-state index in [2.05, 4.69) is 25.5 Å². The van der Waals surface area contributed by atoms with Gasteiger partial charge < -0.3 is 0 Å². The molecule has 0 saturated heterocycles. The van der Waals surface area contributed by atoms with Crippen molar-refractivity contribution in [3.05, 3.63) is 28.8 Å². The van der Waals surface area contributed by atoms with Crippen molar-refractivity contribution in [3.8, 4) is 0 Å². The molecule has 0 aliphatic heterocycles. The van der Waals surface area contributed by atoms with Crippen LogP contribution >= 0.6 is 11.3 Å². The zero-order chi connectivity index (χ0) is 13.5. The van der Waals surface area contributed by atoms with Gasteiger partial charge in [0.1, 0.15) is 16.5 Å². The summed E-state index contributed by atoms with van der Waals surface area (Å²) in [6, 6.07) is 1.63. The predicted octanol–water partition coefficient (Wildman–Crippen LogP) is 2.34. The Morgan fingerprint density at radius 2 is 2.00 bits per heavy atom. The highest BCUT2D eigenvalue weighted by Gasteiger charge is 2.29. The largest absolute Gasteiger partial charge is 0.295 e. The van der Waals surface area contributed by atoms with Crippen LogP contribution in [-0.4, -0.2) is 26.1 Å². The summed E-state index contributed by atoms with van der Waals surface area (Å²) in [4.78, 5) is 20.7. The first-order valence-electron chi connectivity index (χ1n) is 6.77. The molecule has 2 saturated carbocycles. The number of hydrogen-bond donors (Lipinski definition) is 1. The van der Waals surface area contributed by atoms with Gasteiger partial charge in [-0.1, -0.05) is 11.3 Å². The Morgan fingerprint density at radius 1 is 1.20 bits per heavy atom. The molecule has 2 fully saturated rings. The first-order chi connectivity index (χ1) is 9.79. The fourth-order valence-corrected chi connectivity index (χ4v) is 2.89. The molecule has 1 amide bonds. The molecule has 7 heteroatoms. The monoisotopic (exact) mass is 287 g/mol. The van der Waals surface area contributed by atoms with Gasteiger partial charge in [0.25, 0.3) is 5.91 Å². The molecule has 102 valence electrons. The van der Waals surface area contributed by atoms with Crippen LogP contribution in [0.25, 0.3) is 0 Å². The van der Waals surface area contributed by atoms with Crippen molar-refractivity contribution in [2.24, 2.45) is 0 Å². The third kappa shape index (κ3) is 2.40. The molecule has 1 N–H and O–H groups in total. The molecule has 2 aromatic heterocycles. The van der Waals surface area contributed by atoms with Gasteiger partial charge in [0.05, 0.1) is 0 Å². The van der Waals surface area contributed by atoms with Crippen LogP contribution in [0, 0.1) is 0 Å². The number of aromatic nitrogens is 4. The third-order valence-electron chi connectivity index (χ3n) is 3.44. The zero-order valence-corrected chi connectivity index (χ0v) is 11.6. The highest BCUT2D eigenvalue weighted by atomic mass is 32.1. The first kappa shape index (κ1) is 11.9. The molecular weight excluding hydrogens is 274 g/mol. The smallest absolute Gasteiger partial charge is 0.276 e. The molecule has 0 bridgehead atoms. The van der Waals surface area contributed by atoms with Gasteiger partial charge in [-0.2, -0.15) is 0 Å². The van der Waals surface area contributed by atoms with Crippen LogP contribution in [0.5, 0.6) is 0 Å². The van der Waals surface area contributed by atoms with Gasteiger partial charge in [0.15, 0.2) is 0 Å². The van der Waals surface area contributed by atoms with Crippen molar-refractivity contribution in [2.45, 2.75) is 37.5 Å². The number of carbonyl (C=O) groups is 1. The molecule has 6 nitrogen and oxygen atoms in total. The average molecular weight is 287 g/mol. The van der Waals surface area contributed by atoms with Crippen LogP contribution in [0.2, 0.25) is 0 Å². The molecule has 20 heavy (non-hydrogen) atoms. The Kier molecular flexibility index (Phi) is 2.73. The predicted molar refractivity (Wildman–Crippen MR) is 73.8 cm³/mol. The SMILES string of the molecule is O=C(Nc1nnc(C2CC2)s1)c1ccnc(C2CC2)n1. The summed E-state index contributed by atoms with van der Waals surface area (Å²) in [6.07, 6.45) is 6.24. The molecule has 2 heterocycles. The van der Waals surface area contributed by atoms with Gasteiger partial charge in [-0.05, 0) is 31.7 Å². The molecule has 0 unspecified atom stereocenters. The quantitative estimate of drug-likeness (QED) is 0.933.